The fourth-order valence-corrected chi connectivity index (χ4v) is 4.15. The zero-order valence-electron chi connectivity index (χ0n) is 14.5. The normalized spacial score (nSPS) is 12.8. The maximum absolute atomic E-state index is 9.22. The Morgan fingerprint density at radius 1 is 1.08 bits per heavy atom. The Morgan fingerprint density at radius 3 is 2.38 bits per heavy atom. The highest BCUT2D eigenvalue weighted by atomic mass is 32.3. The molecule has 3 aromatic rings. The number of aryl methyl sites for hydroxylation is 1. The van der Waals surface area contributed by atoms with Crippen molar-refractivity contribution in [2.45, 2.75) is 9.79 Å². The predicted molar refractivity (Wildman–Crippen MR) is 100 cm³/mol. The third-order valence-electron chi connectivity index (χ3n) is 4.07. The minimum Gasteiger partial charge on any atom is -0.726 e. The summed E-state index contributed by atoms with van der Waals surface area (Å²) in [4.78, 5) is 4.94. The summed E-state index contributed by atoms with van der Waals surface area (Å²) >= 11 is 1.85. The molecule has 0 saturated heterocycles. The quantitative estimate of drug-likeness (QED) is 0.361. The molecule has 0 bridgehead atoms. The summed E-state index contributed by atoms with van der Waals surface area (Å²) < 4.78 is 33.2. The van der Waals surface area contributed by atoms with Crippen molar-refractivity contribution in [1.82, 2.24) is 0 Å². The van der Waals surface area contributed by atoms with Gasteiger partial charge in [-0.25, -0.2) is 8.42 Å². The highest BCUT2D eigenvalue weighted by molar-refractivity contribution is 7.99. The molecule has 0 aliphatic carbocycles. The zero-order chi connectivity index (χ0) is 18.9. The highest BCUT2D eigenvalue weighted by Crippen LogP contribution is 2.48. The largest absolute Gasteiger partial charge is 0.726 e. The molecule has 2 aromatic carbocycles. The van der Waals surface area contributed by atoms with Gasteiger partial charge in [-0.3, -0.25) is 4.18 Å². The molecular formula is C18H18N2O4S2. The molecule has 0 amide bonds. The Balaban J connectivity index is 0.000000286. The van der Waals surface area contributed by atoms with E-state index in [1.54, 1.807) is 0 Å². The average molecular weight is 390 g/mol. The Morgan fingerprint density at radius 2 is 1.69 bits per heavy atom. The van der Waals surface area contributed by atoms with Crippen LogP contribution in [0, 0.1) is 0 Å². The Hall–Kier alpha value is -2.13. The predicted octanol–water partition coefficient (Wildman–Crippen LogP) is 2.99. The topological polar surface area (TPSA) is 73.5 Å². The van der Waals surface area contributed by atoms with Crippen molar-refractivity contribution in [1.29, 1.82) is 0 Å². The SMILES string of the molecule is CN1c2ccccc2Sc2c[n+](C)c3ccccc3c21.COS(=O)(=O)[O-]. The first-order valence-corrected chi connectivity index (χ1v) is 9.90. The lowest BCUT2D eigenvalue weighted by atomic mass is 10.1. The van der Waals surface area contributed by atoms with Crippen molar-refractivity contribution in [2.24, 2.45) is 7.05 Å². The fourth-order valence-electron chi connectivity index (χ4n) is 2.90. The molecule has 0 atom stereocenters. The fraction of sp³-hybridized carbons (Fsp3) is 0.167. The summed E-state index contributed by atoms with van der Waals surface area (Å²) in [5.41, 5.74) is 3.85. The van der Waals surface area contributed by atoms with E-state index in [2.05, 4.69) is 82.5 Å². The number of aromatic nitrogens is 1. The van der Waals surface area contributed by atoms with Crippen LogP contribution in [0.2, 0.25) is 0 Å². The van der Waals surface area contributed by atoms with Crippen LogP contribution in [0.1, 0.15) is 0 Å². The van der Waals surface area contributed by atoms with E-state index in [4.69, 9.17) is 0 Å². The van der Waals surface area contributed by atoms with Crippen LogP contribution in [0.25, 0.3) is 10.9 Å². The summed E-state index contributed by atoms with van der Waals surface area (Å²) in [6.45, 7) is 0. The molecule has 0 spiro atoms. The Kier molecular flexibility index (Phi) is 5.19. The van der Waals surface area contributed by atoms with Gasteiger partial charge in [0.15, 0.2) is 6.20 Å². The number of anilines is 2. The van der Waals surface area contributed by atoms with Gasteiger partial charge in [-0.15, -0.1) is 0 Å². The highest BCUT2D eigenvalue weighted by Gasteiger charge is 2.26. The molecule has 26 heavy (non-hydrogen) atoms. The van der Waals surface area contributed by atoms with Gasteiger partial charge in [0.2, 0.25) is 15.9 Å². The lowest BCUT2D eigenvalue weighted by Crippen LogP contribution is -2.30. The number of para-hydroxylation sites is 2. The standard InChI is InChI=1S/C17H15N2S.CH4O4S/c1-18-11-16-17(12-7-3-4-8-13(12)18)19(2)14-9-5-6-10-15(14)20-16;1-5-6(2,3)4/h3-11H,1-2H3;1H3,(H,2,3,4)/q+1;/p-1. The van der Waals surface area contributed by atoms with Gasteiger partial charge in [-0.05, 0) is 18.2 Å². The molecule has 2 heterocycles. The summed E-state index contributed by atoms with van der Waals surface area (Å²) in [5.74, 6) is 0. The number of pyridine rings is 1. The molecule has 0 fully saturated rings. The minimum absolute atomic E-state index is 0.808. The van der Waals surface area contributed by atoms with Crippen LogP contribution in [0.5, 0.6) is 0 Å². The van der Waals surface area contributed by atoms with E-state index >= 15 is 0 Å². The Labute approximate surface area is 157 Å². The van der Waals surface area contributed by atoms with Crippen molar-refractivity contribution in [3.8, 4) is 0 Å². The maximum atomic E-state index is 9.22. The summed E-state index contributed by atoms with van der Waals surface area (Å²) in [7, 11) is 0.667. The van der Waals surface area contributed by atoms with Crippen LogP contribution in [0.4, 0.5) is 11.4 Å². The number of fused-ring (bicyclic) bond motifs is 4. The summed E-state index contributed by atoms with van der Waals surface area (Å²) in [5, 5.41) is 1.30. The monoisotopic (exact) mass is 390 g/mol. The van der Waals surface area contributed by atoms with Crippen LogP contribution in [-0.2, 0) is 21.6 Å². The molecule has 0 radical (unpaired) electrons. The van der Waals surface area contributed by atoms with Crippen LogP contribution in [0.15, 0.2) is 64.5 Å². The third kappa shape index (κ3) is 3.68. The second-order valence-corrected chi connectivity index (χ2v) is 7.91. The lowest BCUT2D eigenvalue weighted by molar-refractivity contribution is -0.646. The molecule has 4 rings (SSSR count). The Bertz CT molecular complexity index is 1070. The van der Waals surface area contributed by atoms with E-state index in [1.807, 2.05) is 11.8 Å². The number of hydrogen-bond donors (Lipinski definition) is 0. The van der Waals surface area contributed by atoms with Gasteiger partial charge in [0, 0.05) is 18.0 Å². The molecule has 136 valence electrons. The molecule has 8 heteroatoms. The molecule has 0 N–H and O–H groups in total. The maximum Gasteiger partial charge on any atom is 0.217 e. The molecule has 6 nitrogen and oxygen atoms in total. The van der Waals surface area contributed by atoms with E-state index in [1.165, 1.54) is 32.1 Å². The van der Waals surface area contributed by atoms with E-state index in [0.717, 1.165) is 7.11 Å². The van der Waals surface area contributed by atoms with E-state index in [9.17, 15) is 13.0 Å². The van der Waals surface area contributed by atoms with Crippen LogP contribution < -0.4 is 9.47 Å². The van der Waals surface area contributed by atoms with Gasteiger partial charge in [-0.2, -0.15) is 4.57 Å². The average Bonchev–Trinajstić information content (AvgIpc) is 2.62. The first kappa shape index (κ1) is 18.7. The second kappa shape index (κ2) is 7.24. The minimum atomic E-state index is -4.41. The zero-order valence-corrected chi connectivity index (χ0v) is 16.2. The van der Waals surface area contributed by atoms with Crippen LogP contribution in [-0.4, -0.2) is 27.1 Å². The number of hydrogen-bond acceptors (Lipinski definition) is 6. The van der Waals surface area contributed by atoms with Gasteiger partial charge >= 0.3 is 0 Å². The van der Waals surface area contributed by atoms with Gasteiger partial charge in [0.1, 0.15) is 11.9 Å². The lowest BCUT2D eigenvalue weighted by Gasteiger charge is -2.29. The molecule has 0 unspecified atom stereocenters. The second-order valence-electron chi connectivity index (χ2n) is 5.67. The van der Waals surface area contributed by atoms with Crippen molar-refractivity contribution in [2.75, 3.05) is 19.1 Å². The van der Waals surface area contributed by atoms with Crippen molar-refractivity contribution in [3.05, 3.63) is 54.7 Å². The van der Waals surface area contributed by atoms with Crippen LogP contribution >= 0.6 is 11.8 Å². The molecule has 1 aromatic heterocycles. The summed E-state index contributed by atoms with van der Waals surface area (Å²) in [6, 6.07) is 17.2. The van der Waals surface area contributed by atoms with Gasteiger partial charge in [0.05, 0.1) is 23.9 Å². The van der Waals surface area contributed by atoms with E-state index in [-0.39, 0.29) is 0 Å². The number of benzene rings is 2. The van der Waals surface area contributed by atoms with Crippen molar-refractivity contribution in [3.63, 3.8) is 0 Å². The van der Waals surface area contributed by atoms with E-state index in [0.29, 0.717) is 0 Å². The molecule has 1 aliphatic heterocycles. The third-order valence-corrected chi connectivity index (χ3v) is 5.56. The smallest absolute Gasteiger partial charge is 0.217 e. The molecule has 0 saturated carbocycles. The molecular weight excluding hydrogens is 372 g/mol. The van der Waals surface area contributed by atoms with Crippen molar-refractivity contribution < 1.29 is 21.7 Å². The van der Waals surface area contributed by atoms with Gasteiger partial charge < -0.3 is 9.45 Å². The number of nitrogens with zero attached hydrogens (tertiary/aromatic N) is 2. The van der Waals surface area contributed by atoms with Crippen molar-refractivity contribution >= 4 is 44.4 Å². The van der Waals surface area contributed by atoms with E-state index < -0.39 is 10.4 Å². The van der Waals surface area contributed by atoms with Gasteiger partial charge in [0.25, 0.3) is 0 Å². The summed E-state index contributed by atoms with van der Waals surface area (Å²) in [6.07, 6.45) is 2.23. The first-order valence-electron chi connectivity index (χ1n) is 7.75. The first-order chi connectivity index (χ1) is 12.3. The van der Waals surface area contributed by atoms with Gasteiger partial charge in [-0.1, -0.05) is 36.0 Å². The number of rotatable bonds is 1. The van der Waals surface area contributed by atoms with Crippen LogP contribution in [0.3, 0.4) is 0 Å². The molecule has 1 aliphatic rings.